The monoisotopic (exact) mass is 460 g/mol. The molecule has 2 nitrogen and oxygen atoms in total. The summed E-state index contributed by atoms with van der Waals surface area (Å²) in [6, 6.07) is 39.3. The molecule has 0 saturated carbocycles. The summed E-state index contributed by atoms with van der Waals surface area (Å²) < 4.78 is 4.75. The van der Waals surface area contributed by atoms with Crippen LogP contribution < -0.4 is 0 Å². The summed E-state index contributed by atoms with van der Waals surface area (Å²) in [6.45, 7) is 7.82. The number of benzene rings is 5. The minimum atomic E-state index is 1.12. The smallest absolute Gasteiger partial charge is 0.0548 e. The average molecular weight is 461 g/mol. The van der Waals surface area contributed by atoms with E-state index >= 15 is 0 Å². The van der Waals surface area contributed by atoms with Crippen LogP contribution in [-0.4, -0.2) is 9.13 Å². The largest absolute Gasteiger partial charge is 0.309 e. The second kappa shape index (κ2) is 7.86. The topological polar surface area (TPSA) is 9.86 Å². The van der Waals surface area contributed by atoms with Crippen molar-refractivity contribution >= 4 is 55.8 Å². The fraction of sp³-hybridized carbons (Fsp3) is 0. The van der Waals surface area contributed by atoms with Gasteiger partial charge in [-0.3, -0.25) is 0 Å². The van der Waals surface area contributed by atoms with Gasteiger partial charge in [0.15, 0.2) is 0 Å². The number of fused-ring (bicyclic) bond motifs is 6. The zero-order valence-electron chi connectivity index (χ0n) is 19.9. The molecule has 0 fully saturated rings. The highest BCUT2D eigenvalue weighted by atomic mass is 15.0. The van der Waals surface area contributed by atoms with Crippen LogP contribution in [0.4, 0.5) is 0 Å². The van der Waals surface area contributed by atoms with Crippen molar-refractivity contribution in [2.75, 3.05) is 0 Å². The van der Waals surface area contributed by atoms with Crippen molar-refractivity contribution in [2.24, 2.45) is 0 Å². The van der Waals surface area contributed by atoms with Crippen molar-refractivity contribution in [2.45, 2.75) is 0 Å². The molecular weight excluding hydrogens is 436 g/mol. The average Bonchev–Trinajstić information content (AvgIpc) is 3.44. The highest BCUT2D eigenvalue weighted by Crippen LogP contribution is 2.39. The van der Waals surface area contributed by atoms with Gasteiger partial charge in [-0.2, -0.15) is 0 Å². The molecule has 0 aliphatic carbocycles. The first kappa shape index (κ1) is 20.5. The van der Waals surface area contributed by atoms with E-state index in [1.807, 2.05) is 12.2 Å². The molecular formula is C34H24N2. The Morgan fingerprint density at radius 2 is 0.806 bits per heavy atom. The Kier molecular flexibility index (Phi) is 4.49. The number of rotatable bonds is 4. The minimum absolute atomic E-state index is 1.12. The summed E-state index contributed by atoms with van der Waals surface area (Å²) in [5.74, 6) is 0. The van der Waals surface area contributed by atoms with Crippen molar-refractivity contribution in [1.82, 2.24) is 9.13 Å². The van der Waals surface area contributed by atoms with Gasteiger partial charge in [-0.25, -0.2) is 0 Å². The van der Waals surface area contributed by atoms with Gasteiger partial charge in [-0.15, -0.1) is 0 Å². The Hall–Kier alpha value is -4.82. The third-order valence-electron chi connectivity index (χ3n) is 7.24. The van der Waals surface area contributed by atoms with E-state index in [-0.39, 0.29) is 0 Å². The van der Waals surface area contributed by atoms with Crippen LogP contribution in [0.5, 0.6) is 0 Å². The molecule has 36 heavy (non-hydrogen) atoms. The Morgan fingerprint density at radius 1 is 0.417 bits per heavy atom. The zero-order chi connectivity index (χ0) is 24.2. The predicted molar refractivity (Wildman–Crippen MR) is 155 cm³/mol. The van der Waals surface area contributed by atoms with Crippen LogP contribution in [0.2, 0.25) is 0 Å². The first-order chi connectivity index (χ1) is 17.8. The molecule has 0 aliphatic rings. The van der Waals surface area contributed by atoms with Crippen LogP contribution in [0.25, 0.3) is 67.1 Å². The van der Waals surface area contributed by atoms with Gasteiger partial charge in [0.05, 0.1) is 22.1 Å². The fourth-order valence-corrected chi connectivity index (χ4v) is 5.51. The number of para-hydroxylation sites is 2. The minimum Gasteiger partial charge on any atom is -0.309 e. The Morgan fingerprint density at radius 3 is 1.19 bits per heavy atom. The van der Waals surface area contributed by atoms with Crippen molar-refractivity contribution in [1.29, 1.82) is 0 Å². The lowest BCUT2D eigenvalue weighted by molar-refractivity contribution is 1.17. The molecule has 0 saturated heterocycles. The maximum Gasteiger partial charge on any atom is 0.0548 e. The Balaban J connectivity index is 1.62. The second-order valence-electron chi connectivity index (χ2n) is 9.18. The van der Waals surface area contributed by atoms with Crippen molar-refractivity contribution < 1.29 is 0 Å². The van der Waals surface area contributed by atoms with E-state index in [0.29, 0.717) is 0 Å². The molecule has 0 bridgehead atoms. The van der Waals surface area contributed by atoms with Crippen LogP contribution >= 0.6 is 0 Å². The number of nitrogens with zero attached hydrogens (tertiary/aromatic N) is 2. The number of hydrogen-bond acceptors (Lipinski definition) is 0. The van der Waals surface area contributed by atoms with Gasteiger partial charge in [0, 0.05) is 32.9 Å². The van der Waals surface area contributed by atoms with E-state index < -0.39 is 0 Å². The van der Waals surface area contributed by atoms with Gasteiger partial charge in [0.1, 0.15) is 0 Å². The van der Waals surface area contributed by atoms with Gasteiger partial charge in [0.2, 0.25) is 0 Å². The van der Waals surface area contributed by atoms with Crippen LogP contribution in [0, 0.1) is 0 Å². The van der Waals surface area contributed by atoms with Gasteiger partial charge in [-0.05, 0) is 59.7 Å². The molecule has 0 unspecified atom stereocenters. The summed E-state index contributed by atoms with van der Waals surface area (Å²) in [5.41, 5.74) is 9.36. The maximum atomic E-state index is 3.91. The van der Waals surface area contributed by atoms with E-state index in [9.17, 15) is 0 Å². The summed E-state index contributed by atoms with van der Waals surface area (Å²) >= 11 is 0. The fourth-order valence-electron chi connectivity index (χ4n) is 5.51. The quantitative estimate of drug-likeness (QED) is 0.248. The van der Waals surface area contributed by atoms with Crippen LogP contribution in [0.3, 0.4) is 0 Å². The Bertz CT molecular complexity index is 1800. The summed E-state index contributed by atoms with van der Waals surface area (Å²) in [4.78, 5) is 0. The van der Waals surface area contributed by atoms with Crippen molar-refractivity contribution in [3.05, 3.63) is 133 Å². The lowest BCUT2D eigenvalue weighted by Crippen LogP contribution is -1.95. The van der Waals surface area contributed by atoms with E-state index in [1.54, 1.807) is 0 Å². The van der Waals surface area contributed by atoms with Gasteiger partial charge < -0.3 is 9.13 Å². The van der Waals surface area contributed by atoms with Crippen molar-refractivity contribution in [3.8, 4) is 11.4 Å². The standard InChI is InChI=1S/C34H24N2/c1-3-23-13-17-25(18-14-23)35-31-11-7-5-9-27(31)29-22-34-30(21-33(29)35)28-10-6-8-12-32(28)36(34)26-19-15-24(4-2)16-20-26/h3-22H,1-2H2. The van der Waals surface area contributed by atoms with E-state index in [1.165, 1.54) is 43.6 Å². The van der Waals surface area contributed by atoms with Crippen molar-refractivity contribution in [3.63, 3.8) is 0 Å². The summed E-state index contributed by atoms with van der Waals surface area (Å²) in [5, 5.41) is 5.00. The third-order valence-corrected chi connectivity index (χ3v) is 7.24. The highest BCUT2D eigenvalue weighted by molar-refractivity contribution is 6.19. The molecule has 0 radical (unpaired) electrons. The molecule has 5 aromatic carbocycles. The lowest BCUT2D eigenvalue weighted by Gasteiger charge is -2.10. The molecule has 2 heterocycles. The lowest BCUT2D eigenvalue weighted by atomic mass is 10.1. The molecule has 170 valence electrons. The molecule has 7 aromatic rings. The first-order valence-electron chi connectivity index (χ1n) is 12.2. The van der Waals surface area contributed by atoms with Crippen LogP contribution in [-0.2, 0) is 0 Å². The maximum absolute atomic E-state index is 3.91. The van der Waals surface area contributed by atoms with Gasteiger partial charge >= 0.3 is 0 Å². The van der Waals surface area contributed by atoms with Crippen LogP contribution in [0.15, 0.2) is 122 Å². The summed E-state index contributed by atoms with van der Waals surface area (Å²) in [7, 11) is 0. The number of hydrogen-bond donors (Lipinski definition) is 0. The summed E-state index contributed by atoms with van der Waals surface area (Å²) in [6.07, 6.45) is 3.77. The molecule has 0 aliphatic heterocycles. The molecule has 2 heteroatoms. The number of aromatic nitrogens is 2. The van der Waals surface area contributed by atoms with E-state index in [4.69, 9.17) is 0 Å². The molecule has 0 amide bonds. The SMILES string of the molecule is C=Cc1ccc(-n2c3ccccc3c3cc4c(cc32)c2ccccc2n4-c2ccc(C=C)cc2)cc1. The van der Waals surface area contributed by atoms with Gasteiger partial charge in [0.25, 0.3) is 0 Å². The molecule has 0 atom stereocenters. The zero-order valence-corrected chi connectivity index (χ0v) is 19.9. The second-order valence-corrected chi connectivity index (χ2v) is 9.18. The van der Waals surface area contributed by atoms with E-state index in [2.05, 4.69) is 131 Å². The molecule has 0 N–H and O–H groups in total. The molecule has 7 rings (SSSR count). The van der Waals surface area contributed by atoms with Crippen LogP contribution in [0.1, 0.15) is 11.1 Å². The van der Waals surface area contributed by atoms with E-state index in [0.717, 1.165) is 22.5 Å². The highest BCUT2D eigenvalue weighted by Gasteiger charge is 2.18. The molecule has 2 aromatic heterocycles. The van der Waals surface area contributed by atoms with Gasteiger partial charge in [-0.1, -0.05) is 86.0 Å². The third kappa shape index (κ3) is 2.91. The first-order valence-corrected chi connectivity index (χ1v) is 12.2. The molecule has 0 spiro atoms. The predicted octanol–water partition coefficient (Wildman–Crippen LogP) is 9.17. The Labute approximate surface area is 209 Å². The normalized spacial score (nSPS) is 11.6.